The molecule has 0 spiro atoms. The van der Waals surface area contributed by atoms with Crippen LogP contribution in [0.2, 0.25) is 10.0 Å². The second kappa shape index (κ2) is 7.29. The Morgan fingerprint density at radius 1 is 1.25 bits per heavy atom. The van der Waals surface area contributed by atoms with Gasteiger partial charge < -0.3 is 10.1 Å². The van der Waals surface area contributed by atoms with Crippen LogP contribution in [0.5, 0.6) is 5.75 Å². The quantitative estimate of drug-likeness (QED) is 0.753. The molecule has 2 aromatic heterocycles. The van der Waals surface area contributed by atoms with Crippen LogP contribution < -0.4 is 10.1 Å². The predicted molar refractivity (Wildman–Crippen MR) is 89.7 cm³/mol. The van der Waals surface area contributed by atoms with Crippen molar-refractivity contribution >= 4 is 34.9 Å². The van der Waals surface area contributed by atoms with Gasteiger partial charge in [0.1, 0.15) is 30.0 Å². The summed E-state index contributed by atoms with van der Waals surface area (Å²) in [5.41, 5.74) is 0. The molecule has 0 saturated carbocycles. The number of ether oxygens (including phenoxy) is 1. The van der Waals surface area contributed by atoms with Gasteiger partial charge in [0.05, 0.1) is 5.02 Å². The van der Waals surface area contributed by atoms with Gasteiger partial charge >= 0.3 is 0 Å². The molecular weight excluding hydrogens is 353 g/mol. The van der Waals surface area contributed by atoms with E-state index in [1.165, 1.54) is 12.4 Å². The second-order valence-corrected chi connectivity index (χ2v) is 5.49. The number of aromatic nitrogens is 4. The fourth-order valence-electron chi connectivity index (χ4n) is 1.87. The van der Waals surface area contributed by atoms with E-state index in [9.17, 15) is 4.79 Å². The fourth-order valence-corrected chi connectivity index (χ4v) is 2.33. The van der Waals surface area contributed by atoms with Crippen molar-refractivity contribution in [3.8, 4) is 11.6 Å². The Morgan fingerprint density at radius 3 is 2.88 bits per heavy atom. The van der Waals surface area contributed by atoms with Crippen LogP contribution in [0.15, 0.2) is 49.3 Å². The average molecular weight is 364 g/mol. The molecule has 0 aliphatic carbocycles. The van der Waals surface area contributed by atoms with Crippen molar-refractivity contribution in [2.24, 2.45) is 0 Å². The Hall–Kier alpha value is -2.64. The SMILES string of the molecule is O=C(COc1ccc(Cl)cc1Cl)Nc1cc(-n2ccnc2)ncn1. The van der Waals surface area contributed by atoms with E-state index < -0.39 is 0 Å². The van der Waals surface area contributed by atoms with Crippen molar-refractivity contribution < 1.29 is 9.53 Å². The molecular formula is C15H11Cl2N5O2. The number of imidazole rings is 1. The van der Waals surface area contributed by atoms with Crippen LogP contribution in [0.1, 0.15) is 0 Å². The Bertz CT molecular complexity index is 855. The van der Waals surface area contributed by atoms with Gasteiger partial charge in [-0.2, -0.15) is 0 Å². The molecule has 0 aliphatic heterocycles. The first-order valence-corrected chi connectivity index (χ1v) is 7.55. The number of nitrogens with one attached hydrogen (secondary N) is 1. The zero-order valence-corrected chi connectivity index (χ0v) is 13.7. The molecule has 24 heavy (non-hydrogen) atoms. The third kappa shape index (κ3) is 4.01. The molecule has 0 unspecified atom stereocenters. The van der Waals surface area contributed by atoms with Crippen LogP contribution in [0.4, 0.5) is 5.82 Å². The van der Waals surface area contributed by atoms with Gasteiger partial charge in [0.25, 0.3) is 5.91 Å². The summed E-state index contributed by atoms with van der Waals surface area (Å²) in [5.74, 6) is 0.929. The maximum absolute atomic E-state index is 12.0. The normalized spacial score (nSPS) is 10.4. The van der Waals surface area contributed by atoms with Crippen molar-refractivity contribution in [1.82, 2.24) is 19.5 Å². The van der Waals surface area contributed by atoms with Crippen molar-refractivity contribution in [1.29, 1.82) is 0 Å². The van der Waals surface area contributed by atoms with Crippen molar-refractivity contribution in [2.45, 2.75) is 0 Å². The monoisotopic (exact) mass is 363 g/mol. The highest BCUT2D eigenvalue weighted by atomic mass is 35.5. The van der Waals surface area contributed by atoms with E-state index in [1.54, 1.807) is 41.5 Å². The Balaban J connectivity index is 1.62. The number of halogens is 2. The highest BCUT2D eigenvalue weighted by Gasteiger charge is 2.08. The van der Waals surface area contributed by atoms with E-state index in [0.29, 0.717) is 27.4 Å². The average Bonchev–Trinajstić information content (AvgIpc) is 3.09. The number of nitrogens with zero attached hydrogens (tertiary/aromatic N) is 4. The van der Waals surface area contributed by atoms with Gasteiger partial charge in [0.2, 0.25) is 0 Å². The predicted octanol–water partition coefficient (Wildman–Crippen LogP) is 2.99. The van der Waals surface area contributed by atoms with E-state index in [-0.39, 0.29) is 12.5 Å². The summed E-state index contributed by atoms with van der Waals surface area (Å²) in [4.78, 5) is 24.0. The number of hydrogen-bond acceptors (Lipinski definition) is 5. The van der Waals surface area contributed by atoms with Crippen LogP contribution in [0, 0.1) is 0 Å². The smallest absolute Gasteiger partial charge is 0.263 e. The summed E-state index contributed by atoms with van der Waals surface area (Å²) in [6, 6.07) is 6.38. The van der Waals surface area contributed by atoms with E-state index in [4.69, 9.17) is 27.9 Å². The fraction of sp³-hybridized carbons (Fsp3) is 0.0667. The second-order valence-electron chi connectivity index (χ2n) is 4.64. The molecule has 0 fully saturated rings. The summed E-state index contributed by atoms with van der Waals surface area (Å²) < 4.78 is 7.06. The number of hydrogen-bond donors (Lipinski definition) is 1. The number of anilines is 1. The largest absolute Gasteiger partial charge is 0.482 e. The Labute approximate surface area is 147 Å². The number of benzene rings is 1. The third-order valence-electron chi connectivity index (χ3n) is 2.94. The molecule has 0 atom stereocenters. The maximum Gasteiger partial charge on any atom is 0.263 e. The minimum absolute atomic E-state index is 0.217. The number of rotatable bonds is 5. The van der Waals surface area contributed by atoms with Crippen LogP contribution in [-0.4, -0.2) is 32.0 Å². The van der Waals surface area contributed by atoms with Crippen LogP contribution in [0.3, 0.4) is 0 Å². The third-order valence-corrected chi connectivity index (χ3v) is 3.47. The molecule has 1 N–H and O–H groups in total. The van der Waals surface area contributed by atoms with Gasteiger partial charge in [-0.1, -0.05) is 23.2 Å². The molecule has 7 nitrogen and oxygen atoms in total. The van der Waals surface area contributed by atoms with Crippen molar-refractivity contribution in [3.05, 3.63) is 59.4 Å². The summed E-state index contributed by atoms with van der Waals surface area (Å²) >= 11 is 11.8. The first-order valence-electron chi connectivity index (χ1n) is 6.80. The lowest BCUT2D eigenvalue weighted by molar-refractivity contribution is -0.118. The van der Waals surface area contributed by atoms with E-state index >= 15 is 0 Å². The first-order chi connectivity index (χ1) is 11.6. The summed E-state index contributed by atoms with van der Waals surface area (Å²) in [6.45, 7) is -0.217. The molecule has 122 valence electrons. The lowest BCUT2D eigenvalue weighted by atomic mass is 10.3. The minimum Gasteiger partial charge on any atom is -0.482 e. The van der Waals surface area contributed by atoms with Gasteiger partial charge in [0.15, 0.2) is 6.61 Å². The molecule has 3 aromatic rings. The van der Waals surface area contributed by atoms with E-state index in [2.05, 4.69) is 20.3 Å². The van der Waals surface area contributed by atoms with Gasteiger partial charge in [-0.15, -0.1) is 0 Å². The molecule has 0 aliphatic rings. The lowest BCUT2D eigenvalue weighted by Gasteiger charge is -2.09. The lowest BCUT2D eigenvalue weighted by Crippen LogP contribution is -2.21. The zero-order chi connectivity index (χ0) is 16.9. The van der Waals surface area contributed by atoms with E-state index in [1.807, 2.05) is 0 Å². The van der Waals surface area contributed by atoms with Gasteiger partial charge in [-0.05, 0) is 18.2 Å². The standard InChI is InChI=1S/C15H11Cl2N5O2/c16-10-1-2-12(11(17)5-10)24-7-15(23)21-13-6-14(20-8-19-13)22-4-3-18-9-22/h1-6,8-9H,7H2,(H,19,20,21,23). The summed E-state index contributed by atoms with van der Waals surface area (Å²) in [6.07, 6.45) is 6.31. The molecule has 0 radical (unpaired) electrons. The van der Waals surface area contributed by atoms with Crippen LogP contribution in [-0.2, 0) is 4.79 Å². The highest BCUT2D eigenvalue weighted by molar-refractivity contribution is 6.35. The van der Waals surface area contributed by atoms with Gasteiger partial charge in [-0.3, -0.25) is 9.36 Å². The topological polar surface area (TPSA) is 81.9 Å². The molecule has 3 rings (SSSR count). The van der Waals surface area contributed by atoms with Crippen LogP contribution >= 0.6 is 23.2 Å². The van der Waals surface area contributed by atoms with Crippen LogP contribution in [0.25, 0.3) is 5.82 Å². The molecule has 0 saturated heterocycles. The number of carbonyl (C=O) groups excluding carboxylic acids is 1. The molecule has 9 heteroatoms. The van der Waals surface area contributed by atoms with Crippen molar-refractivity contribution in [3.63, 3.8) is 0 Å². The van der Waals surface area contributed by atoms with Crippen molar-refractivity contribution in [2.75, 3.05) is 11.9 Å². The molecule has 2 heterocycles. The summed E-state index contributed by atoms with van der Waals surface area (Å²) in [5, 5.41) is 3.45. The minimum atomic E-state index is -0.378. The Morgan fingerprint density at radius 2 is 2.12 bits per heavy atom. The maximum atomic E-state index is 12.0. The van der Waals surface area contributed by atoms with Gasteiger partial charge in [-0.25, -0.2) is 15.0 Å². The number of carbonyl (C=O) groups is 1. The molecule has 0 bridgehead atoms. The first kappa shape index (κ1) is 16.2. The molecule has 1 amide bonds. The molecule has 1 aromatic carbocycles. The Kier molecular flexibility index (Phi) is 4.93. The highest BCUT2D eigenvalue weighted by Crippen LogP contribution is 2.27. The van der Waals surface area contributed by atoms with Gasteiger partial charge in [0, 0.05) is 23.5 Å². The van der Waals surface area contributed by atoms with E-state index in [0.717, 1.165) is 0 Å². The number of amides is 1. The zero-order valence-electron chi connectivity index (χ0n) is 12.2. The summed E-state index contributed by atoms with van der Waals surface area (Å²) in [7, 11) is 0.